The van der Waals surface area contributed by atoms with Crippen molar-refractivity contribution >= 4 is 0 Å². The molecule has 0 N–H and O–H groups in total. The van der Waals surface area contributed by atoms with Crippen molar-refractivity contribution in [3.63, 3.8) is 0 Å². The Labute approximate surface area is 64.8 Å². The molecule has 0 fully saturated rings. The second-order valence-corrected chi connectivity index (χ2v) is 1.71. The van der Waals surface area contributed by atoms with E-state index in [0.29, 0.717) is 0 Å². The molecule has 0 aliphatic carbocycles. The van der Waals surface area contributed by atoms with Gasteiger partial charge in [-0.1, -0.05) is 13.8 Å². The first-order valence-corrected chi connectivity index (χ1v) is 3.48. The molecular weight excluding hydrogens is 150 g/mol. The third-order valence-corrected chi connectivity index (χ3v) is 0.958. The van der Waals surface area contributed by atoms with Crippen molar-refractivity contribution in [2.75, 3.05) is 0 Å². The third kappa shape index (κ3) is 3.11. The largest absolute Gasteiger partial charge is 0.282 e. The van der Waals surface area contributed by atoms with E-state index >= 15 is 0 Å². The highest BCUT2D eigenvalue weighted by molar-refractivity contribution is 4.99. The summed E-state index contributed by atoms with van der Waals surface area (Å²) >= 11 is 0. The molecule has 0 saturated carbocycles. The molecule has 0 bridgehead atoms. The summed E-state index contributed by atoms with van der Waals surface area (Å²) in [6.45, 7) is 4.00. The number of nitrogens with zero attached hydrogens (tertiary/aromatic N) is 2. The molecule has 1 heterocycles. The lowest BCUT2D eigenvalue weighted by Crippen LogP contribution is -1.90. The van der Waals surface area contributed by atoms with Crippen molar-refractivity contribution < 1.29 is 8.78 Å². The van der Waals surface area contributed by atoms with Crippen LogP contribution in [-0.2, 0) is 7.05 Å². The van der Waals surface area contributed by atoms with Crippen molar-refractivity contribution in [1.82, 2.24) is 9.78 Å². The molecule has 64 valence electrons. The van der Waals surface area contributed by atoms with E-state index in [-0.39, 0.29) is 5.69 Å². The van der Waals surface area contributed by atoms with Gasteiger partial charge in [-0.3, -0.25) is 4.68 Å². The average molecular weight is 162 g/mol. The second kappa shape index (κ2) is 4.82. The predicted octanol–water partition coefficient (Wildman–Crippen LogP) is 2.38. The van der Waals surface area contributed by atoms with Gasteiger partial charge in [0.05, 0.1) is 0 Å². The molecule has 0 unspecified atom stereocenters. The number of halogens is 2. The minimum Gasteiger partial charge on any atom is -0.275 e. The smallest absolute Gasteiger partial charge is 0.275 e. The van der Waals surface area contributed by atoms with E-state index in [1.165, 1.54) is 16.9 Å². The fourth-order valence-corrected chi connectivity index (χ4v) is 0.549. The minimum atomic E-state index is -2.45. The summed E-state index contributed by atoms with van der Waals surface area (Å²) in [7, 11) is 1.60. The maximum absolute atomic E-state index is 11.7. The van der Waals surface area contributed by atoms with Crippen LogP contribution in [0.25, 0.3) is 0 Å². The molecule has 0 spiro atoms. The first-order chi connectivity index (χ1) is 5.20. The lowest BCUT2D eigenvalue weighted by atomic mass is 10.5. The zero-order valence-electron chi connectivity index (χ0n) is 6.88. The Balaban J connectivity index is 0.000000461. The van der Waals surface area contributed by atoms with Gasteiger partial charge in [-0.05, 0) is 6.07 Å². The van der Waals surface area contributed by atoms with Crippen molar-refractivity contribution in [2.24, 2.45) is 7.05 Å². The zero-order chi connectivity index (χ0) is 8.85. The SMILES string of the molecule is CC.Cn1ccc(C(F)F)n1. The highest BCUT2D eigenvalue weighted by Gasteiger charge is 2.08. The van der Waals surface area contributed by atoms with Crippen LogP contribution in [0, 0.1) is 0 Å². The molecule has 0 aliphatic rings. The summed E-state index contributed by atoms with van der Waals surface area (Å²) < 4.78 is 24.8. The van der Waals surface area contributed by atoms with E-state index in [1.807, 2.05) is 13.8 Å². The van der Waals surface area contributed by atoms with Crippen LogP contribution in [-0.4, -0.2) is 9.78 Å². The average Bonchev–Trinajstić information content (AvgIpc) is 2.40. The van der Waals surface area contributed by atoms with Crippen LogP contribution in [0.2, 0.25) is 0 Å². The second-order valence-electron chi connectivity index (χ2n) is 1.71. The Hall–Kier alpha value is -0.930. The highest BCUT2D eigenvalue weighted by Crippen LogP contribution is 2.14. The van der Waals surface area contributed by atoms with E-state index in [9.17, 15) is 8.78 Å². The van der Waals surface area contributed by atoms with E-state index in [1.54, 1.807) is 7.05 Å². The number of aryl methyl sites for hydroxylation is 1. The van der Waals surface area contributed by atoms with Gasteiger partial charge in [0.15, 0.2) is 0 Å². The highest BCUT2D eigenvalue weighted by atomic mass is 19.3. The Morgan fingerprint density at radius 2 is 2.00 bits per heavy atom. The maximum atomic E-state index is 11.7. The quantitative estimate of drug-likeness (QED) is 0.620. The minimum absolute atomic E-state index is 0.169. The molecule has 1 aromatic rings. The molecule has 0 aliphatic heterocycles. The summed E-state index contributed by atoms with van der Waals surface area (Å²) in [4.78, 5) is 0. The maximum Gasteiger partial charge on any atom is 0.282 e. The Kier molecular flexibility index (Phi) is 4.41. The zero-order valence-corrected chi connectivity index (χ0v) is 6.88. The Bertz CT molecular complexity index is 196. The first kappa shape index (κ1) is 10.1. The molecule has 0 radical (unpaired) electrons. The van der Waals surface area contributed by atoms with Gasteiger partial charge in [0, 0.05) is 13.2 Å². The van der Waals surface area contributed by atoms with E-state index < -0.39 is 6.43 Å². The normalized spacial score (nSPS) is 9.27. The van der Waals surface area contributed by atoms with Crippen LogP contribution in [0.3, 0.4) is 0 Å². The van der Waals surface area contributed by atoms with Crippen molar-refractivity contribution in [2.45, 2.75) is 20.3 Å². The Morgan fingerprint density at radius 1 is 1.45 bits per heavy atom. The van der Waals surface area contributed by atoms with Crippen LogP contribution in [0.5, 0.6) is 0 Å². The van der Waals surface area contributed by atoms with Gasteiger partial charge in [-0.25, -0.2) is 8.78 Å². The van der Waals surface area contributed by atoms with Gasteiger partial charge in [0.2, 0.25) is 0 Å². The summed E-state index contributed by atoms with van der Waals surface area (Å²) in [6.07, 6.45) is -0.965. The molecule has 1 rings (SSSR count). The van der Waals surface area contributed by atoms with Gasteiger partial charge in [-0.15, -0.1) is 0 Å². The fraction of sp³-hybridized carbons (Fsp3) is 0.571. The number of alkyl halides is 2. The van der Waals surface area contributed by atoms with Crippen molar-refractivity contribution in [3.8, 4) is 0 Å². The molecule has 2 nitrogen and oxygen atoms in total. The van der Waals surface area contributed by atoms with Crippen molar-refractivity contribution in [1.29, 1.82) is 0 Å². The predicted molar refractivity (Wildman–Crippen MR) is 39.5 cm³/mol. The van der Waals surface area contributed by atoms with E-state index in [0.717, 1.165) is 0 Å². The summed E-state index contributed by atoms with van der Waals surface area (Å²) in [5, 5.41) is 3.48. The molecule has 0 atom stereocenters. The van der Waals surface area contributed by atoms with E-state index in [4.69, 9.17) is 0 Å². The lowest BCUT2D eigenvalue weighted by Gasteiger charge is -1.88. The van der Waals surface area contributed by atoms with Gasteiger partial charge < -0.3 is 0 Å². The number of rotatable bonds is 1. The molecule has 0 aromatic carbocycles. The number of hydrogen-bond acceptors (Lipinski definition) is 1. The lowest BCUT2D eigenvalue weighted by molar-refractivity contribution is 0.145. The third-order valence-electron chi connectivity index (χ3n) is 0.958. The Morgan fingerprint density at radius 3 is 2.18 bits per heavy atom. The molecule has 4 heteroatoms. The molecule has 0 amide bonds. The van der Waals surface area contributed by atoms with E-state index in [2.05, 4.69) is 5.10 Å². The number of hydrogen-bond donors (Lipinski definition) is 0. The van der Waals surface area contributed by atoms with Gasteiger partial charge >= 0.3 is 0 Å². The van der Waals surface area contributed by atoms with Crippen LogP contribution in [0.4, 0.5) is 8.78 Å². The van der Waals surface area contributed by atoms with Gasteiger partial charge in [0.1, 0.15) is 5.69 Å². The molecule has 11 heavy (non-hydrogen) atoms. The number of aromatic nitrogens is 2. The van der Waals surface area contributed by atoms with Gasteiger partial charge in [-0.2, -0.15) is 5.10 Å². The molecule has 1 aromatic heterocycles. The molecular formula is C7H12F2N2. The van der Waals surface area contributed by atoms with Crippen LogP contribution < -0.4 is 0 Å². The topological polar surface area (TPSA) is 17.8 Å². The van der Waals surface area contributed by atoms with Crippen LogP contribution in [0.1, 0.15) is 26.0 Å². The fourth-order valence-electron chi connectivity index (χ4n) is 0.549. The van der Waals surface area contributed by atoms with Crippen LogP contribution >= 0.6 is 0 Å². The van der Waals surface area contributed by atoms with Crippen LogP contribution in [0.15, 0.2) is 12.3 Å². The summed E-state index contributed by atoms with van der Waals surface area (Å²) in [6, 6.07) is 1.30. The van der Waals surface area contributed by atoms with Gasteiger partial charge in [0.25, 0.3) is 6.43 Å². The van der Waals surface area contributed by atoms with Crippen molar-refractivity contribution in [3.05, 3.63) is 18.0 Å². The molecule has 0 saturated heterocycles. The standard InChI is InChI=1S/C5H6F2N2.C2H6/c1-9-3-2-4(8-9)5(6)7;1-2/h2-3,5H,1H3;1-2H3. The first-order valence-electron chi connectivity index (χ1n) is 3.48. The monoisotopic (exact) mass is 162 g/mol. The summed E-state index contributed by atoms with van der Waals surface area (Å²) in [5.41, 5.74) is -0.169. The summed E-state index contributed by atoms with van der Waals surface area (Å²) in [5.74, 6) is 0.